The van der Waals surface area contributed by atoms with E-state index in [4.69, 9.17) is 23.2 Å². The molecule has 0 atom stereocenters. The van der Waals surface area contributed by atoms with Crippen molar-refractivity contribution >= 4 is 62.6 Å². The third-order valence-electron chi connectivity index (χ3n) is 3.54. The number of carbonyl (C=O) groups is 1. The van der Waals surface area contributed by atoms with Crippen molar-refractivity contribution in [3.8, 4) is 11.4 Å². The summed E-state index contributed by atoms with van der Waals surface area (Å²) in [5.41, 5.74) is 0.814. The Bertz CT molecular complexity index is 964. The van der Waals surface area contributed by atoms with Crippen LogP contribution < -0.4 is 5.32 Å². The Morgan fingerprint density at radius 3 is 2.70 bits per heavy atom. The van der Waals surface area contributed by atoms with Crippen LogP contribution in [-0.2, 0) is 11.3 Å². The Labute approximate surface area is 178 Å². The lowest BCUT2D eigenvalue weighted by Gasteiger charge is -2.08. The summed E-state index contributed by atoms with van der Waals surface area (Å²) in [6, 6.07) is 8.85. The van der Waals surface area contributed by atoms with Gasteiger partial charge in [0.1, 0.15) is 5.82 Å². The molecule has 1 N–H and O–H groups in total. The molecule has 0 bridgehead atoms. The highest BCUT2D eigenvalue weighted by molar-refractivity contribution is 9.10. The van der Waals surface area contributed by atoms with Crippen molar-refractivity contribution in [2.24, 2.45) is 0 Å². The first kappa shape index (κ1) is 20.1. The minimum Gasteiger partial charge on any atom is -0.310 e. The van der Waals surface area contributed by atoms with Gasteiger partial charge in [0.05, 0.1) is 15.8 Å². The minimum absolute atomic E-state index is 0.170. The molecule has 1 amide bonds. The quantitative estimate of drug-likeness (QED) is 0.487. The summed E-state index contributed by atoms with van der Waals surface area (Å²) < 4.78 is 2.77. The Kier molecular flexibility index (Phi) is 6.75. The molecule has 0 fully saturated rings. The van der Waals surface area contributed by atoms with Crippen molar-refractivity contribution in [1.82, 2.24) is 19.7 Å². The number of benzene rings is 1. The molecular weight excluding hydrogens is 473 g/mol. The monoisotopic (exact) mass is 485 g/mol. The predicted octanol–water partition coefficient (Wildman–Crippen LogP) is 5.16. The van der Waals surface area contributed by atoms with Gasteiger partial charge >= 0.3 is 0 Å². The minimum atomic E-state index is -0.170. The Morgan fingerprint density at radius 2 is 2.04 bits per heavy atom. The van der Waals surface area contributed by atoms with Crippen LogP contribution in [0.1, 0.15) is 6.92 Å². The second-order valence-electron chi connectivity index (χ2n) is 5.38. The van der Waals surface area contributed by atoms with E-state index in [2.05, 4.69) is 36.4 Å². The van der Waals surface area contributed by atoms with Gasteiger partial charge in [0.15, 0.2) is 11.0 Å². The lowest BCUT2D eigenvalue weighted by molar-refractivity contribution is -0.113. The van der Waals surface area contributed by atoms with Crippen LogP contribution in [0.25, 0.3) is 11.4 Å². The van der Waals surface area contributed by atoms with Crippen molar-refractivity contribution in [3.05, 3.63) is 51.0 Å². The van der Waals surface area contributed by atoms with Crippen molar-refractivity contribution in [2.45, 2.75) is 18.6 Å². The third kappa shape index (κ3) is 5.01. The second kappa shape index (κ2) is 9.05. The summed E-state index contributed by atoms with van der Waals surface area (Å²) in [5.74, 6) is 1.19. The van der Waals surface area contributed by atoms with Crippen LogP contribution in [0, 0.1) is 0 Å². The number of halogens is 3. The lowest BCUT2D eigenvalue weighted by Crippen LogP contribution is -2.15. The Morgan fingerprint density at radius 1 is 1.22 bits per heavy atom. The van der Waals surface area contributed by atoms with Crippen LogP contribution in [0.4, 0.5) is 5.82 Å². The smallest absolute Gasteiger partial charge is 0.236 e. The number of thioether (sulfide) groups is 1. The molecule has 0 unspecified atom stereocenters. The molecule has 1 aromatic carbocycles. The molecule has 2 heterocycles. The number of pyridine rings is 1. The number of nitrogens with zero attached hydrogens (tertiary/aromatic N) is 4. The molecule has 0 spiro atoms. The number of hydrogen-bond acceptors (Lipinski definition) is 5. The number of rotatable bonds is 6. The first-order valence-electron chi connectivity index (χ1n) is 7.90. The van der Waals surface area contributed by atoms with Crippen molar-refractivity contribution < 1.29 is 4.79 Å². The molecule has 0 radical (unpaired) electrons. The normalized spacial score (nSPS) is 10.8. The maximum Gasteiger partial charge on any atom is 0.236 e. The summed E-state index contributed by atoms with van der Waals surface area (Å²) in [5, 5.41) is 12.8. The molecule has 0 aliphatic rings. The molecule has 6 nitrogen and oxygen atoms in total. The fraction of sp³-hybridized carbons (Fsp3) is 0.176. The largest absolute Gasteiger partial charge is 0.310 e. The molecule has 27 heavy (non-hydrogen) atoms. The maximum atomic E-state index is 12.2. The average Bonchev–Trinajstić information content (AvgIpc) is 3.07. The van der Waals surface area contributed by atoms with Crippen LogP contribution in [0.15, 0.2) is 46.2 Å². The van der Waals surface area contributed by atoms with Crippen LogP contribution in [0.5, 0.6) is 0 Å². The average molecular weight is 487 g/mol. The SMILES string of the molecule is CCn1c(SCC(=O)Nc2ccc(Br)cn2)nnc1-c1ccc(Cl)c(Cl)c1. The van der Waals surface area contributed by atoms with Gasteiger partial charge in [-0.25, -0.2) is 4.98 Å². The number of aromatic nitrogens is 4. The van der Waals surface area contributed by atoms with E-state index in [0.717, 1.165) is 10.0 Å². The number of nitrogens with one attached hydrogen (secondary N) is 1. The van der Waals surface area contributed by atoms with Crippen LogP contribution >= 0.6 is 50.9 Å². The molecule has 0 saturated heterocycles. The van der Waals surface area contributed by atoms with E-state index in [9.17, 15) is 4.79 Å². The van der Waals surface area contributed by atoms with Crippen molar-refractivity contribution in [1.29, 1.82) is 0 Å². The first-order valence-corrected chi connectivity index (χ1v) is 10.4. The van der Waals surface area contributed by atoms with Gasteiger partial charge in [-0.2, -0.15) is 0 Å². The lowest BCUT2D eigenvalue weighted by atomic mass is 10.2. The highest BCUT2D eigenvalue weighted by atomic mass is 79.9. The first-order chi connectivity index (χ1) is 13.0. The molecule has 3 aromatic rings. The zero-order chi connectivity index (χ0) is 19.4. The fourth-order valence-electron chi connectivity index (χ4n) is 2.29. The fourth-order valence-corrected chi connectivity index (χ4v) is 3.62. The Hall–Kier alpha value is -1.61. The summed E-state index contributed by atoms with van der Waals surface area (Å²) in [4.78, 5) is 16.3. The molecular formula is C17H14BrCl2N5OS. The van der Waals surface area contributed by atoms with Crippen LogP contribution in [0.2, 0.25) is 10.0 Å². The maximum absolute atomic E-state index is 12.2. The number of anilines is 1. The molecule has 10 heteroatoms. The zero-order valence-corrected chi connectivity index (χ0v) is 18.0. The van der Waals surface area contributed by atoms with E-state index < -0.39 is 0 Å². The second-order valence-corrected chi connectivity index (χ2v) is 8.05. The van der Waals surface area contributed by atoms with Crippen LogP contribution in [0.3, 0.4) is 0 Å². The van der Waals surface area contributed by atoms with Gasteiger partial charge in [-0.05, 0) is 53.2 Å². The highest BCUT2D eigenvalue weighted by Crippen LogP contribution is 2.29. The number of carbonyl (C=O) groups excluding carboxylic acids is 1. The number of hydrogen-bond donors (Lipinski definition) is 1. The van der Waals surface area contributed by atoms with E-state index >= 15 is 0 Å². The van der Waals surface area contributed by atoms with Gasteiger partial charge in [-0.3, -0.25) is 4.79 Å². The molecule has 0 saturated carbocycles. The summed E-state index contributed by atoms with van der Waals surface area (Å²) in [6.07, 6.45) is 1.62. The van der Waals surface area contributed by atoms with Gasteiger partial charge in [0.25, 0.3) is 0 Å². The van der Waals surface area contributed by atoms with E-state index in [1.54, 1.807) is 24.4 Å². The van der Waals surface area contributed by atoms with Crippen LogP contribution in [-0.4, -0.2) is 31.4 Å². The molecule has 3 rings (SSSR count). The summed E-state index contributed by atoms with van der Waals surface area (Å²) in [7, 11) is 0. The van der Waals surface area contributed by atoms with Crippen molar-refractivity contribution in [3.63, 3.8) is 0 Å². The zero-order valence-electron chi connectivity index (χ0n) is 14.1. The standard InChI is InChI=1S/C17H14BrCl2N5OS/c1-2-25-16(10-3-5-12(19)13(20)7-10)23-24-17(25)27-9-15(26)22-14-6-4-11(18)8-21-14/h3-8H,2,9H2,1H3,(H,21,22,26). The van der Waals surface area contributed by atoms with Gasteiger partial charge in [0, 0.05) is 22.8 Å². The molecule has 140 valence electrons. The molecule has 2 aromatic heterocycles. The van der Waals surface area contributed by atoms with Gasteiger partial charge in [-0.15, -0.1) is 10.2 Å². The molecule has 0 aliphatic heterocycles. The van der Waals surface area contributed by atoms with E-state index in [-0.39, 0.29) is 11.7 Å². The third-order valence-corrected chi connectivity index (χ3v) is 5.71. The molecule has 0 aliphatic carbocycles. The van der Waals surface area contributed by atoms with E-state index in [0.29, 0.717) is 33.4 Å². The summed E-state index contributed by atoms with van der Waals surface area (Å²) in [6.45, 7) is 2.64. The van der Waals surface area contributed by atoms with E-state index in [1.807, 2.05) is 23.6 Å². The van der Waals surface area contributed by atoms with Gasteiger partial charge in [0.2, 0.25) is 5.91 Å². The number of amides is 1. The predicted molar refractivity (Wildman–Crippen MR) is 112 cm³/mol. The van der Waals surface area contributed by atoms with Gasteiger partial charge < -0.3 is 9.88 Å². The van der Waals surface area contributed by atoms with E-state index in [1.165, 1.54) is 11.8 Å². The van der Waals surface area contributed by atoms with Gasteiger partial charge in [-0.1, -0.05) is 35.0 Å². The summed E-state index contributed by atoms with van der Waals surface area (Å²) >= 11 is 16.7. The highest BCUT2D eigenvalue weighted by Gasteiger charge is 2.15. The van der Waals surface area contributed by atoms with Crippen molar-refractivity contribution in [2.75, 3.05) is 11.1 Å². The Balaban J connectivity index is 1.70. The topological polar surface area (TPSA) is 72.7 Å².